The molecule has 0 aliphatic heterocycles. The average molecular weight is 713 g/mol. The molecule has 0 unspecified atom stereocenters. The molecule has 11 aromatic rings. The van der Waals surface area contributed by atoms with Crippen molar-refractivity contribution < 1.29 is 0 Å². The highest BCUT2D eigenvalue weighted by Gasteiger charge is 2.19. The van der Waals surface area contributed by atoms with Gasteiger partial charge in [-0.05, 0) is 122 Å². The molecule has 1 aromatic heterocycles. The van der Waals surface area contributed by atoms with Crippen LogP contribution >= 0.6 is 0 Å². The van der Waals surface area contributed by atoms with Gasteiger partial charge >= 0.3 is 0 Å². The molecule has 0 aliphatic rings. The fourth-order valence-corrected chi connectivity index (χ4v) is 8.56. The predicted octanol–water partition coefficient (Wildman–Crippen LogP) is 15.0. The highest BCUT2D eigenvalue weighted by molar-refractivity contribution is 6.11. The standard InChI is InChI=1S/C54H36N2/c1-2-15-46(16-3-1)56-53-19-9-8-18-50(53)51-36-48(31-32-54(51)56)55(52-20-10-14-39-12-6-7-17-49(39)52)47-29-27-38(28-30-47)41-23-24-44-35-45(26-25-43(44)34-41)42-22-21-37-11-4-5-13-40(37)33-42/h1-36H. The summed E-state index contributed by atoms with van der Waals surface area (Å²) in [5.41, 5.74) is 11.8. The van der Waals surface area contributed by atoms with E-state index in [1.54, 1.807) is 0 Å². The van der Waals surface area contributed by atoms with E-state index in [1.165, 1.54) is 76.4 Å². The number of rotatable bonds is 6. The maximum Gasteiger partial charge on any atom is 0.0542 e. The van der Waals surface area contributed by atoms with Gasteiger partial charge in [0.05, 0.1) is 16.7 Å². The maximum atomic E-state index is 2.41. The van der Waals surface area contributed by atoms with Gasteiger partial charge in [0.15, 0.2) is 0 Å². The molecule has 11 rings (SSSR count). The van der Waals surface area contributed by atoms with Crippen molar-refractivity contribution in [2.75, 3.05) is 4.90 Å². The second-order valence-corrected chi connectivity index (χ2v) is 14.6. The molecule has 0 N–H and O–H groups in total. The van der Waals surface area contributed by atoms with Gasteiger partial charge in [-0.15, -0.1) is 0 Å². The first-order valence-electron chi connectivity index (χ1n) is 19.3. The van der Waals surface area contributed by atoms with Crippen LogP contribution in [-0.4, -0.2) is 4.57 Å². The molecule has 0 spiro atoms. The molecule has 56 heavy (non-hydrogen) atoms. The van der Waals surface area contributed by atoms with Gasteiger partial charge in [-0.3, -0.25) is 0 Å². The van der Waals surface area contributed by atoms with E-state index in [-0.39, 0.29) is 0 Å². The van der Waals surface area contributed by atoms with E-state index in [0.717, 1.165) is 22.7 Å². The van der Waals surface area contributed by atoms with E-state index in [4.69, 9.17) is 0 Å². The summed E-state index contributed by atoms with van der Waals surface area (Å²) in [5.74, 6) is 0. The predicted molar refractivity (Wildman–Crippen MR) is 239 cm³/mol. The zero-order chi connectivity index (χ0) is 37.0. The van der Waals surface area contributed by atoms with E-state index in [9.17, 15) is 0 Å². The van der Waals surface area contributed by atoms with Crippen molar-refractivity contribution in [2.24, 2.45) is 0 Å². The van der Waals surface area contributed by atoms with Gasteiger partial charge in [-0.2, -0.15) is 0 Å². The van der Waals surface area contributed by atoms with Crippen LogP contribution < -0.4 is 4.90 Å². The molecule has 262 valence electrons. The van der Waals surface area contributed by atoms with Gasteiger partial charge in [0.1, 0.15) is 0 Å². The van der Waals surface area contributed by atoms with Crippen molar-refractivity contribution in [3.05, 3.63) is 218 Å². The summed E-state index contributed by atoms with van der Waals surface area (Å²) in [5, 5.41) is 9.89. The van der Waals surface area contributed by atoms with Gasteiger partial charge in [0.2, 0.25) is 0 Å². The molecule has 0 radical (unpaired) electrons. The molecule has 0 fully saturated rings. The van der Waals surface area contributed by atoms with Gasteiger partial charge in [-0.25, -0.2) is 0 Å². The third kappa shape index (κ3) is 5.42. The summed E-state index contributed by atoms with van der Waals surface area (Å²) in [6.07, 6.45) is 0. The zero-order valence-corrected chi connectivity index (χ0v) is 30.7. The highest BCUT2D eigenvalue weighted by atomic mass is 15.1. The minimum Gasteiger partial charge on any atom is -0.310 e. The molecule has 0 atom stereocenters. The Bertz CT molecular complexity index is 3240. The Morgan fingerprint density at radius 2 is 0.804 bits per heavy atom. The molecule has 2 heteroatoms. The number of benzene rings is 10. The monoisotopic (exact) mass is 712 g/mol. The van der Waals surface area contributed by atoms with Crippen molar-refractivity contribution in [1.82, 2.24) is 4.57 Å². The molecule has 10 aromatic carbocycles. The lowest BCUT2D eigenvalue weighted by Crippen LogP contribution is -2.10. The normalized spacial score (nSPS) is 11.6. The Morgan fingerprint density at radius 1 is 0.286 bits per heavy atom. The van der Waals surface area contributed by atoms with E-state index < -0.39 is 0 Å². The van der Waals surface area contributed by atoms with Crippen molar-refractivity contribution in [2.45, 2.75) is 0 Å². The molecular weight excluding hydrogens is 677 g/mol. The smallest absolute Gasteiger partial charge is 0.0542 e. The van der Waals surface area contributed by atoms with Crippen LogP contribution in [0, 0.1) is 0 Å². The number of anilines is 3. The summed E-state index contributed by atoms with van der Waals surface area (Å²) in [6, 6.07) is 79.5. The third-order valence-corrected chi connectivity index (χ3v) is 11.3. The molecule has 0 saturated carbocycles. The number of para-hydroxylation sites is 2. The second-order valence-electron chi connectivity index (χ2n) is 14.6. The summed E-state index contributed by atoms with van der Waals surface area (Å²) < 4.78 is 2.37. The van der Waals surface area contributed by atoms with Crippen LogP contribution in [0.3, 0.4) is 0 Å². The summed E-state index contributed by atoms with van der Waals surface area (Å²) >= 11 is 0. The number of hydrogen-bond acceptors (Lipinski definition) is 1. The lowest BCUT2D eigenvalue weighted by molar-refractivity contribution is 1.18. The fourth-order valence-electron chi connectivity index (χ4n) is 8.56. The highest BCUT2D eigenvalue weighted by Crippen LogP contribution is 2.42. The Balaban J connectivity index is 1.00. The summed E-state index contributed by atoms with van der Waals surface area (Å²) in [4.78, 5) is 2.41. The average Bonchev–Trinajstić information content (AvgIpc) is 3.60. The minimum atomic E-state index is 1.11. The van der Waals surface area contributed by atoms with E-state index in [0.29, 0.717) is 0 Å². The molecule has 0 aliphatic carbocycles. The number of nitrogens with zero attached hydrogens (tertiary/aromatic N) is 2. The van der Waals surface area contributed by atoms with Crippen LogP contribution in [0.1, 0.15) is 0 Å². The van der Waals surface area contributed by atoms with Crippen LogP contribution in [-0.2, 0) is 0 Å². The second kappa shape index (κ2) is 13.2. The van der Waals surface area contributed by atoms with Gasteiger partial charge < -0.3 is 9.47 Å². The Morgan fingerprint density at radius 3 is 1.55 bits per heavy atom. The van der Waals surface area contributed by atoms with Crippen LogP contribution in [0.2, 0.25) is 0 Å². The van der Waals surface area contributed by atoms with Crippen molar-refractivity contribution in [3.63, 3.8) is 0 Å². The number of aromatic nitrogens is 1. The Kier molecular flexibility index (Phi) is 7.53. The first kappa shape index (κ1) is 32.0. The molecular formula is C54H36N2. The molecule has 0 bridgehead atoms. The minimum absolute atomic E-state index is 1.11. The van der Waals surface area contributed by atoms with Crippen molar-refractivity contribution >= 4 is 71.2 Å². The topological polar surface area (TPSA) is 8.17 Å². The lowest BCUT2D eigenvalue weighted by atomic mass is 9.96. The molecule has 1 heterocycles. The van der Waals surface area contributed by atoms with E-state index in [1.807, 2.05) is 0 Å². The Hall–Kier alpha value is -7.42. The first-order valence-corrected chi connectivity index (χ1v) is 19.3. The quantitative estimate of drug-likeness (QED) is 0.167. The van der Waals surface area contributed by atoms with Crippen LogP contribution in [0.5, 0.6) is 0 Å². The fraction of sp³-hybridized carbons (Fsp3) is 0. The van der Waals surface area contributed by atoms with Crippen molar-refractivity contribution in [3.8, 4) is 27.9 Å². The maximum absolute atomic E-state index is 2.41. The number of fused-ring (bicyclic) bond motifs is 6. The van der Waals surface area contributed by atoms with Crippen molar-refractivity contribution in [1.29, 1.82) is 0 Å². The molecule has 2 nitrogen and oxygen atoms in total. The molecule has 0 amide bonds. The number of hydrogen-bond donors (Lipinski definition) is 0. The zero-order valence-electron chi connectivity index (χ0n) is 30.7. The van der Waals surface area contributed by atoms with E-state index in [2.05, 4.69) is 228 Å². The van der Waals surface area contributed by atoms with Crippen LogP contribution in [0.4, 0.5) is 17.1 Å². The summed E-state index contributed by atoms with van der Waals surface area (Å²) in [7, 11) is 0. The van der Waals surface area contributed by atoms with Gasteiger partial charge in [0, 0.05) is 33.2 Å². The molecule has 0 saturated heterocycles. The summed E-state index contributed by atoms with van der Waals surface area (Å²) in [6.45, 7) is 0. The van der Waals surface area contributed by atoms with Crippen LogP contribution in [0.25, 0.3) is 82.1 Å². The van der Waals surface area contributed by atoms with Gasteiger partial charge in [-0.1, -0.05) is 146 Å². The largest absolute Gasteiger partial charge is 0.310 e. The Labute approximate surface area is 325 Å². The lowest BCUT2D eigenvalue weighted by Gasteiger charge is -2.27. The van der Waals surface area contributed by atoms with Crippen LogP contribution in [0.15, 0.2) is 218 Å². The van der Waals surface area contributed by atoms with E-state index >= 15 is 0 Å². The SMILES string of the molecule is c1ccc(-n2c3ccccc3c3cc(N(c4ccc(-c5ccc6cc(-c7ccc8ccccc8c7)ccc6c5)cc4)c4cccc5ccccc45)ccc32)cc1. The first-order chi connectivity index (χ1) is 27.7. The van der Waals surface area contributed by atoms with Gasteiger partial charge in [0.25, 0.3) is 0 Å². The third-order valence-electron chi connectivity index (χ3n) is 11.3.